The van der Waals surface area contributed by atoms with Crippen molar-refractivity contribution in [2.24, 2.45) is 0 Å². The van der Waals surface area contributed by atoms with E-state index >= 15 is 0 Å². The van der Waals surface area contributed by atoms with Crippen molar-refractivity contribution in [2.75, 3.05) is 0 Å². The van der Waals surface area contributed by atoms with E-state index in [0.717, 1.165) is 4.68 Å². The largest absolute Gasteiger partial charge is 0.345 e. The van der Waals surface area contributed by atoms with Crippen LogP contribution in [0.15, 0.2) is 14.2 Å². The van der Waals surface area contributed by atoms with Gasteiger partial charge < -0.3 is 0 Å². The predicted octanol–water partition coefficient (Wildman–Crippen LogP) is -0.782. The smallest absolute Gasteiger partial charge is 0.270 e. The highest BCUT2D eigenvalue weighted by Gasteiger charge is 2.01. The van der Waals surface area contributed by atoms with Crippen LogP contribution in [0.25, 0.3) is 0 Å². The fourth-order valence-electron chi connectivity index (χ4n) is 0.584. The minimum atomic E-state index is -0.690. The van der Waals surface area contributed by atoms with Gasteiger partial charge >= 0.3 is 5.69 Å². The number of hydrogen-bond acceptors (Lipinski definition) is 4. The maximum atomic E-state index is 10.9. The zero-order valence-electron chi connectivity index (χ0n) is 5.74. The van der Waals surface area contributed by atoms with Crippen LogP contribution in [0.4, 0.5) is 0 Å². The number of nitriles is 1. The van der Waals surface area contributed by atoms with Crippen LogP contribution in [0.1, 0.15) is 0 Å². The molecule has 6 nitrogen and oxygen atoms in total. The first-order valence-electron chi connectivity index (χ1n) is 2.89. The second kappa shape index (κ2) is 3.32. The van der Waals surface area contributed by atoms with Crippen LogP contribution in [0, 0.1) is 11.3 Å². The van der Waals surface area contributed by atoms with Gasteiger partial charge in [0.1, 0.15) is 6.54 Å². The van der Waals surface area contributed by atoms with Crippen LogP contribution in [0.5, 0.6) is 0 Å². The molecule has 0 aliphatic heterocycles. The standard InChI is InChI=1S/C5H3BrN4O2/c6-3-4(11)8-5(12)10(9-3)2-1-7/h2H2,(H,8,11,12). The first kappa shape index (κ1) is 8.67. The van der Waals surface area contributed by atoms with Crippen molar-refractivity contribution < 1.29 is 0 Å². The second-order valence-corrected chi connectivity index (χ2v) is 2.62. The number of rotatable bonds is 1. The molecule has 0 fully saturated rings. The van der Waals surface area contributed by atoms with Crippen molar-refractivity contribution in [3.63, 3.8) is 0 Å². The van der Waals surface area contributed by atoms with Gasteiger partial charge in [0.2, 0.25) is 0 Å². The minimum Gasteiger partial charge on any atom is -0.270 e. The second-order valence-electron chi connectivity index (χ2n) is 1.87. The van der Waals surface area contributed by atoms with Crippen LogP contribution in [0.3, 0.4) is 0 Å². The monoisotopic (exact) mass is 230 g/mol. The normalized spacial score (nSPS) is 9.33. The Bertz CT molecular complexity index is 440. The van der Waals surface area contributed by atoms with E-state index in [1.165, 1.54) is 0 Å². The molecule has 1 aromatic heterocycles. The molecule has 12 heavy (non-hydrogen) atoms. The summed E-state index contributed by atoms with van der Waals surface area (Å²) in [6.07, 6.45) is 0. The molecule has 0 saturated carbocycles. The molecule has 62 valence electrons. The lowest BCUT2D eigenvalue weighted by atomic mass is 10.7. The van der Waals surface area contributed by atoms with Crippen LogP contribution < -0.4 is 11.2 Å². The van der Waals surface area contributed by atoms with Gasteiger partial charge in [-0.05, 0) is 15.9 Å². The summed E-state index contributed by atoms with van der Waals surface area (Å²) in [6.45, 7) is -0.186. The highest BCUT2D eigenvalue weighted by molar-refractivity contribution is 9.10. The topological polar surface area (TPSA) is 91.5 Å². The van der Waals surface area contributed by atoms with Crippen LogP contribution in [0.2, 0.25) is 0 Å². The van der Waals surface area contributed by atoms with E-state index in [1.807, 2.05) is 4.98 Å². The quantitative estimate of drug-likeness (QED) is 0.685. The summed E-state index contributed by atoms with van der Waals surface area (Å²) < 4.78 is 0.836. The summed E-state index contributed by atoms with van der Waals surface area (Å²) >= 11 is 2.83. The summed E-state index contributed by atoms with van der Waals surface area (Å²) in [7, 11) is 0. The summed E-state index contributed by atoms with van der Waals surface area (Å²) in [6, 6.07) is 1.73. The van der Waals surface area contributed by atoms with Gasteiger partial charge in [0.25, 0.3) is 5.56 Å². The Labute approximate surface area is 74.6 Å². The summed E-state index contributed by atoms with van der Waals surface area (Å²) in [5.41, 5.74) is -1.29. The SMILES string of the molecule is N#CCn1nc(Br)c(=O)[nH]c1=O. The average Bonchev–Trinajstić information content (AvgIpc) is 2.01. The third kappa shape index (κ3) is 1.60. The van der Waals surface area contributed by atoms with Crippen molar-refractivity contribution in [1.82, 2.24) is 14.8 Å². The van der Waals surface area contributed by atoms with Gasteiger partial charge in [-0.1, -0.05) is 0 Å². The van der Waals surface area contributed by atoms with Gasteiger partial charge in [0.05, 0.1) is 6.07 Å². The first-order valence-corrected chi connectivity index (χ1v) is 3.68. The number of nitrogens with one attached hydrogen (secondary N) is 1. The highest BCUT2D eigenvalue weighted by Crippen LogP contribution is 1.91. The molecule has 1 N–H and O–H groups in total. The molecule has 0 radical (unpaired) electrons. The molecule has 1 aromatic rings. The average molecular weight is 231 g/mol. The Morgan fingerprint density at radius 2 is 2.33 bits per heavy atom. The molecule has 7 heteroatoms. The molecule has 0 atom stereocenters. The summed E-state index contributed by atoms with van der Waals surface area (Å²) in [5, 5.41) is 11.8. The van der Waals surface area contributed by atoms with Gasteiger partial charge in [-0.3, -0.25) is 9.78 Å². The number of H-pyrrole nitrogens is 1. The maximum absolute atomic E-state index is 10.9. The third-order valence-electron chi connectivity index (χ3n) is 1.07. The van der Waals surface area contributed by atoms with E-state index in [-0.39, 0.29) is 11.1 Å². The van der Waals surface area contributed by atoms with Crippen molar-refractivity contribution in [3.05, 3.63) is 25.4 Å². The van der Waals surface area contributed by atoms with Gasteiger partial charge in [-0.15, -0.1) is 0 Å². The molecule has 0 amide bonds. The number of aromatic nitrogens is 3. The van der Waals surface area contributed by atoms with E-state index < -0.39 is 11.2 Å². The minimum absolute atomic E-state index is 0.0163. The van der Waals surface area contributed by atoms with Crippen LogP contribution in [-0.4, -0.2) is 14.8 Å². The molecule has 1 heterocycles. The third-order valence-corrected chi connectivity index (χ3v) is 1.59. The molecule has 0 bridgehead atoms. The van der Waals surface area contributed by atoms with E-state index in [9.17, 15) is 9.59 Å². The Balaban J connectivity index is 3.35. The van der Waals surface area contributed by atoms with E-state index in [1.54, 1.807) is 6.07 Å². The number of aromatic amines is 1. The highest BCUT2D eigenvalue weighted by atomic mass is 79.9. The predicted molar refractivity (Wildman–Crippen MR) is 42.4 cm³/mol. The summed E-state index contributed by atoms with van der Waals surface area (Å²) in [4.78, 5) is 23.6. The van der Waals surface area contributed by atoms with Gasteiger partial charge in [-0.2, -0.15) is 15.0 Å². The maximum Gasteiger partial charge on any atom is 0.345 e. The van der Waals surface area contributed by atoms with Crippen molar-refractivity contribution in [2.45, 2.75) is 6.54 Å². The Morgan fingerprint density at radius 1 is 1.67 bits per heavy atom. The molecule has 0 spiro atoms. The van der Waals surface area contributed by atoms with E-state index in [2.05, 4.69) is 21.0 Å². The molecule has 0 aromatic carbocycles. The lowest BCUT2D eigenvalue weighted by Crippen LogP contribution is -2.32. The van der Waals surface area contributed by atoms with Gasteiger partial charge in [0, 0.05) is 0 Å². The van der Waals surface area contributed by atoms with Gasteiger partial charge in [-0.25, -0.2) is 4.79 Å². The Kier molecular flexibility index (Phi) is 2.40. The van der Waals surface area contributed by atoms with Crippen molar-refractivity contribution >= 4 is 15.9 Å². The van der Waals surface area contributed by atoms with Crippen molar-refractivity contribution in [1.29, 1.82) is 5.26 Å². The Hall–Kier alpha value is -1.42. The number of nitrogens with zero attached hydrogens (tertiary/aromatic N) is 3. The molecular weight excluding hydrogens is 228 g/mol. The summed E-state index contributed by atoms with van der Waals surface area (Å²) in [5.74, 6) is 0. The molecule has 0 aliphatic rings. The van der Waals surface area contributed by atoms with Crippen molar-refractivity contribution in [3.8, 4) is 6.07 Å². The fourth-order valence-corrected chi connectivity index (χ4v) is 0.875. The molecule has 0 saturated heterocycles. The van der Waals surface area contributed by atoms with Crippen LogP contribution >= 0.6 is 15.9 Å². The number of hydrogen-bond donors (Lipinski definition) is 1. The fraction of sp³-hybridized carbons (Fsp3) is 0.200. The molecule has 0 aliphatic carbocycles. The van der Waals surface area contributed by atoms with E-state index in [0.29, 0.717) is 0 Å². The lowest BCUT2D eigenvalue weighted by Gasteiger charge is -1.95. The van der Waals surface area contributed by atoms with Crippen LogP contribution in [-0.2, 0) is 6.54 Å². The van der Waals surface area contributed by atoms with E-state index in [4.69, 9.17) is 5.26 Å². The molecule has 1 rings (SSSR count). The zero-order chi connectivity index (χ0) is 9.14. The first-order chi connectivity index (χ1) is 5.65. The lowest BCUT2D eigenvalue weighted by molar-refractivity contribution is 0.614. The zero-order valence-corrected chi connectivity index (χ0v) is 7.33. The molecular formula is C5H3BrN4O2. The number of halogens is 1. The molecule has 0 unspecified atom stereocenters. The Morgan fingerprint density at radius 3 is 2.92 bits per heavy atom. The van der Waals surface area contributed by atoms with Gasteiger partial charge in [0.15, 0.2) is 4.60 Å².